The van der Waals surface area contributed by atoms with Crippen LogP contribution < -0.4 is 4.74 Å². The van der Waals surface area contributed by atoms with Crippen molar-refractivity contribution in [3.8, 4) is 5.75 Å². The molecule has 0 N–H and O–H groups in total. The molecular formula is C26H30ClFN2O4. The van der Waals surface area contributed by atoms with Gasteiger partial charge in [0, 0.05) is 24.7 Å². The zero-order valence-electron chi connectivity index (χ0n) is 19.4. The highest BCUT2D eigenvalue weighted by atomic mass is 35.5. The average molecular weight is 489 g/mol. The molecule has 2 amide bonds. The first-order valence-electron chi connectivity index (χ1n) is 11.7. The van der Waals surface area contributed by atoms with Crippen LogP contribution in [0.25, 0.3) is 0 Å². The molecule has 2 aliphatic rings. The number of piperidine rings is 1. The highest BCUT2D eigenvalue weighted by Crippen LogP contribution is 2.28. The van der Waals surface area contributed by atoms with E-state index in [1.54, 1.807) is 29.2 Å². The van der Waals surface area contributed by atoms with Crippen LogP contribution in [-0.4, -0.2) is 66.6 Å². The molecule has 0 aliphatic carbocycles. The molecule has 0 unspecified atom stereocenters. The second-order valence-electron chi connectivity index (χ2n) is 9.06. The van der Waals surface area contributed by atoms with Crippen molar-refractivity contribution in [1.82, 2.24) is 9.80 Å². The Morgan fingerprint density at radius 3 is 2.59 bits per heavy atom. The number of halogens is 2. The van der Waals surface area contributed by atoms with Crippen molar-refractivity contribution >= 4 is 23.4 Å². The second-order valence-corrected chi connectivity index (χ2v) is 9.46. The quantitative estimate of drug-likeness (QED) is 0.601. The van der Waals surface area contributed by atoms with Gasteiger partial charge in [0.15, 0.2) is 0 Å². The summed E-state index contributed by atoms with van der Waals surface area (Å²) in [7, 11) is 0. The number of benzene rings is 2. The SMILES string of the molecule is Cc1cc(OC[C@]2(CC(=O)N3CCCCC3)CN(C(=O)c3ccccc3F)CCO2)ccc1Cl. The Morgan fingerprint density at radius 2 is 1.85 bits per heavy atom. The van der Waals surface area contributed by atoms with Gasteiger partial charge in [-0.15, -0.1) is 0 Å². The molecule has 0 aromatic heterocycles. The third kappa shape index (κ3) is 5.70. The first kappa shape index (κ1) is 24.5. The van der Waals surface area contributed by atoms with Crippen LogP contribution in [0.3, 0.4) is 0 Å². The zero-order chi connectivity index (χ0) is 24.1. The second kappa shape index (κ2) is 10.7. The fourth-order valence-corrected chi connectivity index (χ4v) is 4.64. The lowest BCUT2D eigenvalue weighted by molar-refractivity contribution is -0.153. The minimum Gasteiger partial charge on any atom is -0.490 e. The minimum atomic E-state index is -1.04. The number of ether oxygens (including phenoxy) is 2. The number of hydrogen-bond donors (Lipinski definition) is 0. The summed E-state index contributed by atoms with van der Waals surface area (Å²) >= 11 is 6.13. The maximum atomic E-state index is 14.3. The third-order valence-corrected chi connectivity index (χ3v) is 6.88. The zero-order valence-corrected chi connectivity index (χ0v) is 20.2. The molecule has 0 bridgehead atoms. The Labute approximate surface area is 204 Å². The number of likely N-dealkylation sites (tertiary alicyclic amines) is 1. The predicted molar refractivity (Wildman–Crippen MR) is 128 cm³/mol. The van der Waals surface area contributed by atoms with E-state index in [2.05, 4.69) is 0 Å². The molecule has 34 heavy (non-hydrogen) atoms. The normalized spacial score (nSPS) is 20.8. The van der Waals surface area contributed by atoms with Crippen LogP contribution in [0, 0.1) is 12.7 Å². The van der Waals surface area contributed by atoms with E-state index in [0.29, 0.717) is 17.3 Å². The Morgan fingerprint density at radius 1 is 1.09 bits per heavy atom. The topological polar surface area (TPSA) is 59.1 Å². The molecule has 2 heterocycles. The van der Waals surface area contributed by atoms with Gasteiger partial charge in [0.05, 0.1) is 25.1 Å². The van der Waals surface area contributed by atoms with Crippen LogP contribution in [0.15, 0.2) is 42.5 Å². The van der Waals surface area contributed by atoms with Gasteiger partial charge in [-0.05, 0) is 62.1 Å². The predicted octanol–water partition coefficient (Wildman–Crippen LogP) is 4.48. The summed E-state index contributed by atoms with van der Waals surface area (Å²) in [6.07, 6.45) is 3.17. The lowest BCUT2D eigenvalue weighted by Crippen LogP contribution is -2.58. The third-order valence-electron chi connectivity index (χ3n) is 6.45. The van der Waals surface area contributed by atoms with Gasteiger partial charge < -0.3 is 19.3 Å². The molecule has 6 nitrogen and oxygen atoms in total. The number of rotatable bonds is 6. The van der Waals surface area contributed by atoms with E-state index in [1.165, 1.54) is 12.1 Å². The first-order chi connectivity index (χ1) is 16.4. The van der Waals surface area contributed by atoms with Crippen LogP contribution in [0.4, 0.5) is 4.39 Å². The summed E-state index contributed by atoms with van der Waals surface area (Å²) in [6.45, 7) is 4.09. The monoisotopic (exact) mass is 488 g/mol. The van der Waals surface area contributed by atoms with Crippen LogP contribution >= 0.6 is 11.6 Å². The minimum absolute atomic E-state index is 0.00917. The molecule has 2 aromatic carbocycles. The van der Waals surface area contributed by atoms with Crippen molar-refractivity contribution in [3.05, 3.63) is 64.4 Å². The Bertz CT molecular complexity index is 1040. The summed E-state index contributed by atoms with van der Waals surface area (Å²) in [6, 6.07) is 11.3. The van der Waals surface area contributed by atoms with E-state index in [1.807, 2.05) is 17.9 Å². The molecule has 1 atom stereocenters. The molecule has 2 aromatic rings. The number of morpholine rings is 1. The number of carbonyl (C=O) groups excluding carboxylic acids is 2. The van der Waals surface area contributed by atoms with E-state index in [4.69, 9.17) is 21.1 Å². The molecule has 0 radical (unpaired) electrons. The summed E-state index contributed by atoms with van der Waals surface area (Å²) in [5, 5.41) is 0.637. The van der Waals surface area contributed by atoms with Crippen molar-refractivity contribution in [2.75, 3.05) is 39.4 Å². The maximum absolute atomic E-state index is 14.3. The molecule has 2 saturated heterocycles. The number of carbonyl (C=O) groups is 2. The molecule has 0 saturated carbocycles. The number of hydrogen-bond acceptors (Lipinski definition) is 4. The smallest absolute Gasteiger partial charge is 0.257 e. The number of nitrogens with zero attached hydrogens (tertiary/aromatic N) is 2. The van der Waals surface area contributed by atoms with Crippen molar-refractivity contribution in [2.24, 2.45) is 0 Å². The standard InChI is InChI=1S/C26H30ClFN2O4/c1-19-15-20(9-10-22(19)27)33-18-26(16-24(31)29-11-5-2-6-12-29)17-30(13-14-34-26)25(32)21-7-3-4-8-23(21)28/h3-4,7-10,15H,2,5-6,11-14,16-18H2,1H3/t26-/m0/s1. The van der Waals surface area contributed by atoms with E-state index in [-0.39, 0.29) is 37.6 Å². The van der Waals surface area contributed by atoms with Gasteiger partial charge in [-0.25, -0.2) is 4.39 Å². The van der Waals surface area contributed by atoms with Crippen molar-refractivity contribution in [2.45, 2.75) is 38.2 Å². The molecule has 2 fully saturated rings. The van der Waals surface area contributed by atoms with Crippen molar-refractivity contribution < 1.29 is 23.5 Å². The lowest BCUT2D eigenvalue weighted by atomic mass is 9.95. The molecule has 4 rings (SSSR count). The van der Waals surface area contributed by atoms with E-state index < -0.39 is 17.3 Å². The van der Waals surface area contributed by atoms with E-state index >= 15 is 0 Å². The summed E-state index contributed by atoms with van der Waals surface area (Å²) in [5.41, 5.74) is -0.158. The summed E-state index contributed by atoms with van der Waals surface area (Å²) in [4.78, 5) is 29.7. The molecule has 0 spiro atoms. The van der Waals surface area contributed by atoms with Crippen molar-refractivity contribution in [1.29, 1.82) is 0 Å². The average Bonchev–Trinajstić information content (AvgIpc) is 2.85. The first-order valence-corrected chi connectivity index (χ1v) is 12.1. The fraction of sp³-hybridized carbons (Fsp3) is 0.462. The Hall–Kier alpha value is -2.64. The van der Waals surface area contributed by atoms with Crippen LogP contribution in [-0.2, 0) is 9.53 Å². The van der Waals surface area contributed by atoms with Gasteiger partial charge in [-0.1, -0.05) is 23.7 Å². The van der Waals surface area contributed by atoms with Gasteiger partial charge in [-0.2, -0.15) is 0 Å². The van der Waals surface area contributed by atoms with Crippen LogP contribution in [0.2, 0.25) is 5.02 Å². The van der Waals surface area contributed by atoms with Crippen LogP contribution in [0.1, 0.15) is 41.6 Å². The summed E-state index contributed by atoms with van der Waals surface area (Å²) < 4.78 is 26.5. The van der Waals surface area contributed by atoms with E-state index in [9.17, 15) is 14.0 Å². The highest BCUT2D eigenvalue weighted by molar-refractivity contribution is 6.31. The molecule has 182 valence electrons. The van der Waals surface area contributed by atoms with Gasteiger partial charge >= 0.3 is 0 Å². The largest absolute Gasteiger partial charge is 0.490 e. The van der Waals surface area contributed by atoms with Gasteiger partial charge in [0.25, 0.3) is 5.91 Å². The van der Waals surface area contributed by atoms with Crippen LogP contribution in [0.5, 0.6) is 5.75 Å². The van der Waals surface area contributed by atoms with Gasteiger partial charge in [-0.3, -0.25) is 9.59 Å². The number of aryl methyl sites for hydroxylation is 1. The lowest BCUT2D eigenvalue weighted by Gasteiger charge is -2.43. The Kier molecular flexibility index (Phi) is 7.73. The summed E-state index contributed by atoms with van der Waals surface area (Å²) in [5.74, 6) is -0.399. The van der Waals surface area contributed by atoms with Gasteiger partial charge in [0.2, 0.25) is 5.91 Å². The van der Waals surface area contributed by atoms with Gasteiger partial charge in [0.1, 0.15) is 23.8 Å². The molecular weight excluding hydrogens is 459 g/mol. The molecule has 8 heteroatoms. The maximum Gasteiger partial charge on any atom is 0.257 e. The number of amides is 2. The Balaban J connectivity index is 1.55. The molecule has 2 aliphatic heterocycles. The highest BCUT2D eigenvalue weighted by Gasteiger charge is 2.42. The van der Waals surface area contributed by atoms with Crippen molar-refractivity contribution in [3.63, 3.8) is 0 Å². The fourth-order valence-electron chi connectivity index (χ4n) is 4.52. The van der Waals surface area contributed by atoms with E-state index in [0.717, 1.165) is 37.9 Å².